The Balaban J connectivity index is 2.03. The van der Waals surface area contributed by atoms with Crippen LogP contribution in [0.25, 0.3) is 0 Å². The molecule has 0 aliphatic carbocycles. The predicted molar refractivity (Wildman–Crippen MR) is 78.4 cm³/mol. The zero-order valence-corrected chi connectivity index (χ0v) is 12.9. The highest BCUT2D eigenvalue weighted by Crippen LogP contribution is 2.24. The molecule has 0 bridgehead atoms. The van der Waals surface area contributed by atoms with Crippen molar-refractivity contribution in [3.63, 3.8) is 0 Å². The summed E-state index contributed by atoms with van der Waals surface area (Å²) in [5.74, 6) is 0.461. The molecule has 5 nitrogen and oxygen atoms in total. The maximum absolute atomic E-state index is 11.4. The van der Waals surface area contributed by atoms with E-state index in [0.717, 1.165) is 11.4 Å². The van der Waals surface area contributed by atoms with E-state index >= 15 is 0 Å². The van der Waals surface area contributed by atoms with E-state index in [4.69, 9.17) is 0 Å². The minimum absolute atomic E-state index is 0.255. The highest BCUT2D eigenvalue weighted by molar-refractivity contribution is 7.99. The van der Waals surface area contributed by atoms with E-state index in [1.165, 1.54) is 23.9 Å². The smallest absolute Gasteiger partial charge is 0.175 e. The molecule has 7 heteroatoms. The Hall–Kier alpha value is -1.31. The average molecular weight is 312 g/mol. The van der Waals surface area contributed by atoms with E-state index < -0.39 is 15.9 Å². The molecule has 0 radical (unpaired) electrons. The van der Waals surface area contributed by atoms with E-state index in [0.29, 0.717) is 11.3 Å². The van der Waals surface area contributed by atoms with Crippen molar-refractivity contribution >= 4 is 21.6 Å². The normalized spacial score (nSPS) is 13.3. The van der Waals surface area contributed by atoms with Crippen LogP contribution in [0.3, 0.4) is 0 Å². The molecule has 0 saturated heterocycles. The molecule has 0 saturated carbocycles. The third-order valence-electron chi connectivity index (χ3n) is 2.84. The van der Waals surface area contributed by atoms with Crippen LogP contribution in [0, 0.1) is 0 Å². The quantitative estimate of drug-likeness (QED) is 0.850. The lowest BCUT2D eigenvalue weighted by molar-refractivity contribution is 0.204. The maximum Gasteiger partial charge on any atom is 0.175 e. The number of hydrogen-bond donors (Lipinski definition) is 1. The van der Waals surface area contributed by atoms with Crippen molar-refractivity contribution in [1.29, 1.82) is 0 Å². The number of aliphatic hydroxyl groups is 1. The number of sulfone groups is 1. The van der Waals surface area contributed by atoms with Gasteiger partial charge in [0.25, 0.3) is 0 Å². The van der Waals surface area contributed by atoms with Crippen molar-refractivity contribution in [2.75, 3.05) is 12.0 Å². The summed E-state index contributed by atoms with van der Waals surface area (Å²) in [4.78, 5) is 4.42. The van der Waals surface area contributed by atoms with Crippen LogP contribution in [0.4, 0.5) is 0 Å². The van der Waals surface area contributed by atoms with Gasteiger partial charge in [-0.1, -0.05) is 23.9 Å². The highest BCUT2D eigenvalue weighted by Gasteiger charge is 2.12. The van der Waals surface area contributed by atoms with Crippen LogP contribution < -0.4 is 0 Å². The number of benzene rings is 1. The summed E-state index contributed by atoms with van der Waals surface area (Å²) < 4.78 is 24.6. The van der Waals surface area contributed by atoms with Gasteiger partial charge in [0.05, 0.1) is 11.0 Å². The van der Waals surface area contributed by atoms with E-state index in [1.807, 2.05) is 17.8 Å². The molecule has 0 aliphatic heterocycles. The maximum atomic E-state index is 11.4. The Morgan fingerprint density at radius 3 is 2.50 bits per heavy atom. The second-order valence-electron chi connectivity index (χ2n) is 4.49. The minimum Gasteiger partial charge on any atom is -0.388 e. The van der Waals surface area contributed by atoms with Gasteiger partial charge in [0, 0.05) is 31.4 Å². The Morgan fingerprint density at radius 1 is 1.35 bits per heavy atom. The minimum atomic E-state index is -3.20. The fraction of sp³-hybridized carbons (Fsp3) is 0.308. The van der Waals surface area contributed by atoms with Crippen molar-refractivity contribution < 1.29 is 13.5 Å². The van der Waals surface area contributed by atoms with Gasteiger partial charge >= 0.3 is 0 Å². The standard InChI is InChI=1S/C13H16N2O3S2/c1-15-8-7-14-13(15)19-9-12(16)10-3-5-11(6-4-10)20(2,17)18/h3-8,12,16H,9H2,1-2H3/t12-/m0/s1. The van der Waals surface area contributed by atoms with E-state index in [9.17, 15) is 13.5 Å². The number of imidazole rings is 1. The van der Waals surface area contributed by atoms with Crippen LogP contribution in [0.15, 0.2) is 46.7 Å². The Bertz CT molecular complexity index is 678. The summed E-state index contributed by atoms with van der Waals surface area (Å²) >= 11 is 1.45. The number of aryl methyl sites for hydroxylation is 1. The second kappa shape index (κ2) is 5.99. The molecule has 0 aliphatic rings. The van der Waals surface area contributed by atoms with Gasteiger partial charge in [-0.05, 0) is 17.7 Å². The van der Waals surface area contributed by atoms with Gasteiger partial charge in [0.2, 0.25) is 0 Å². The highest BCUT2D eigenvalue weighted by atomic mass is 32.2. The molecular formula is C13H16N2O3S2. The van der Waals surface area contributed by atoms with Crippen molar-refractivity contribution in [3.8, 4) is 0 Å². The van der Waals surface area contributed by atoms with Crippen molar-refractivity contribution in [3.05, 3.63) is 42.2 Å². The molecule has 0 unspecified atom stereocenters. The summed E-state index contributed by atoms with van der Waals surface area (Å²) in [6, 6.07) is 6.30. The van der Waals surface area contributed by atoms with Crippen LogP contribution in [-0.2, 0) is 16.9 Å². The molecule has 2 aromatic rings. The summed E-state index contributed by atoms with van der Waals surface area (Å²) in [6.45, 7) is 0. The first-order chi connectivity index (χ1) is 9.38. The lowest BCUT2D eigenvalue weighted by Crippen LogP contribution is -2.03. The first kappa shape index (κ1) is 15.1. The number of aliphatic hydroxyl groups excluding tert-OH is 1. The Morgan fingerprint density at radius 2 is 2.00 bits per heavy atom. The van der Waals surface area contributed by atoms with Gasteiger partial charge in [-0.2, -0.15) is 0 Å². The lowest BCUT2D eigenvalue weighted by atomic mass is 10.1. The summed E-state index contributed by atoms with van der Waals surface area (Å²) in [5.41, 5.74) is 0.694. The predicted octanol–water partition coefficient (Wildman–Crippen LogP) is 1.65. The molecule has 20 heavy (non-hydrogen) atoms. The third kappa shape index (κ3) is 3.62. The average Bonchev–Trinajstić information content (AvgIpc) is 2.81. The SMILES string of the molecule is Cn1ccnc1SC[C@H](O)c1ccc(S(C)(=O)=O)cc1. The zero-order valence-electron chi connectivity index (χ0n) is 11.2. The van der Waals surface area contributed by atoms with Gasteiger partial charge < -0.3 is 9.67 Å². The molecule has 0 amide bonds. The molecular weight excluding hydrogens is 296 g/mol. The van der Waals surface area contributed by atoms with E-state index in [1.54, 1.807) is 18.3 Å². The van der Waals surface area contributed by atoms with Gasteiger partial charge in [0.1, 0.15) is 0 Å². The molecule has 1 aromatic carbocycles. The van der Waals surface area contributed by atoms with Crippen molar-refractivity contribution in [2.24, 2.45) is 7.05 Å². The van der Waals surface area contributed by atoms with Gasteiger partial charge in [-0.3, -0.25) is 0 Å². The largest absolute Gasteiger partial charge is 0.388 e. The molecule has 2 rings (SSSR count). The second-order valence-corrected chi connectivity index (χ2v) is 7.49. The van der Waals surface area contributed by atoms with Gasteiger partial charge in [0.15, 0.2) is 15.0 Å². The monoisotopic (exact) mass is 312 g/mol. The van der Waals surface area contributed by atoms with Crippen LogP contribution in [0.2, 0.25) is 0 Å². The van der Waals surface area contributed by atoms with Crippen LogP contribution >= 0.6 is 11.8 Å². The van der Waals surface area contributed by atoms with E-state index in [2.05, 4.69) is 4.98 Å². The van der Waals surface area contributed by atoms with Crippen LogP contribution in [0.5, 0.6) is 0 Å². The number of nitrogens with zero attached hydrogens (tertiary/aromatic N) is 2. The summed E-state index contributed by atoms with van der Waals surface area (Å²) in [6.07, 6.45) is 4.05. The lowest BCUT2D eigenvalue weighted by Gasteiger charge is -2.11. The van der Waals surface area contributed by atoms with Crippen molar-refractivity contribution in [1.82, 2.24) is 9.55 Å². The Kier molecular flexibility index (Phi) is 4.52. The van der Waals surface area contributed by atoms with E-state index in [-0.39, 0.29) is 4.90 Å². The van der Waals surface area contributed by atoms with Gasteiger partial charge in [-0.15, -0.1) is 0 Å². The molecule has 1 atom stereocenters. The summed E-state index contributed by atoms with van der Waals surface area (Å²) in [5, 5.41) is 10.9. The topological polar surface area (TPSA) is 72.2 Å². The first-order valence-corrected chi connectivity index (χ1v) is 8.84. The number of rotatable bonds is 5. The van der Waals surface area contributed by atoms with Gasteiger partial charge in [-0.25, -0.2) is 13.4 Å². The summed E-state index contributed by atoms with van der Waals surface area (Å²) in [7, 11) is -1.31. The fourth-order valence-electron chi connectivity index (χ4n) is 1.68. The first-order valence-electron chi connectivity index (χ1n) is 5.96. The Labute approximate surface area is 122 Å². The molecule has 0 fully saturated rings. The molecule has 1 heterocycles. The van der Waals surface area contributed by atoms with Crippen LogP contribution in [-0.4, -0.2) is 35.1 Å². The number of aromatic nitrogens is 2. The zero-order chi connectivity index (χ0) is 14.8. The molecule has 108 valence electrons. The van der Waals surface area contributed by atoms with Crippen molar-refractivity contribution in [2.45, 2.75) is 16.2 Å². The number of thioether (sulfide) groups is 1. The molecule has 1 aromatic heterocycles. The molecule has 1 N–H and O–H groups in total. The third-order valence-corrected chi connectivity index (χ3v) is 5.10. The number of hydrogen-bond acceptors (Lipinski definition) is 5. The molecule has 0 spiro atoms. The fourth-order valence-corrected chi connectivity index (χ4v) is 3.21. The van der Waals surface area contributed by atoms with Crippen LogP contribution in [0.1, 0.15) is 11.7 Å².